The molecule has 0 bridgehead atoms. The van der Waals surface area contributed by atoms with Gasteiger partial charge in [-0.15, -0.1) is 13.2 Å². The van der Waals surface area contributed by atoms with E-state index in [0.29, 0.717) is 6.42 Å². The minimum absolute atomic E-state index is 0.139. The molecular formula is C17H30N3O5P. The number of ether oxygens (including phenoxy) is 1. The summed E-state index contributed by atoms with van der Waals surface area (Å²) in [6.45, 7) is 5.87. The van der Waals surface area contributed by atoms with Gasteiger partial charge in [-0.3, -0.25) is 19.7 Å². The Bertz CT molecular complexity index is 768. The first-order chi connectivity index (χ1) is 12.1. The highest BCUT2D eigenvalue weighted by atomic mass is 31.2. The third kappa shape index (κ3) is 5.18. The average Bonchev–Trinajstić information content (AvgIpc) is 2.83. The van der Waals surface area contributed by atoms with Crippen LogP contribution in [0.3, 0.4) is 0 Å². The van der Waals surface area contributed by atoms with Crippen molar-refractivity contribution in [3.05, 3.63) is 32.6 Å². The lowest BCUT2D eigenvalue weighted by atomic mass is 10.0. The lowest BCUT2D eigenvalue weighted by Crippen LogP contribution is -2.38. The Hall–Kier alpha value is -1.18. The third-order valence-corrected chi connectivity index (χ3v) is 5.90. The fraction of sp³-hybridized carbons (Fsp3) is 0.706. The summed E-state index contributed by atoms with van der Waals surface area (Å²) in [6.07, 6.45) is 3.98. The summed E-state index contributed by atoms with van der Waals surface area (Å²) in [7, 11) is 0. The molecule has 1 aromatic rings. The van der Waals surface area contributed by atoms with Gasteiger partial charge < -0.3 is 14.9 Å². The van der Waals surface area contributed by atoms with Crippen LogP contribution in [0.1, 0.15) is 31.4 Å². The van der Waals surface area contributed by atoms with E-state index in [1.807, 2.05) is 6.92 Å². The molecule has 0 aromatic carbocycles. The highest BCUT2D eigenvalue weighted by Crippen LogP contribution is 2.40. The molecule has 148 valence electrons. The van der Waals surface area contributed by atoms with Gasteiger partial charge in [0.1, 0.15) is 18.3 Å². The second kappa shape index (κ2) is 8.67. The van der Waals surface area contributed by atoms with Crippen LogP contribution in [0, 0.1) is 0 Å². The molecule has 2 rings (SSSR count). The Labute approximate surface area is 153 Å². The second-order valence-corrected chi connectivity index (χ2v) is 11.8. The van der Waals surface area contributed by atoms with Crippen LogP contribution >= 0.6 is 6.89 Å². The molecule has 8 nitrogen and oxygen atoms in total. The molecule has 4 atom stereocenters. The van der Waals surface area contributed by atoms with Gasteiger partial charge in [-0.05, 0) is 38.9 Å². The van der Waals surface area contributed by atoms with E-state index in [2.05, 4.69) is 29.9 Å². The Balaban J connectivity index is 2.21. The molecule has 1 fully saturated rings. The maximum absolute atomic E-state index is 12.2. The number of aliphatic hydroxyl groups is 2. The summed E-state index contributed by atoms with van der Waals surface area (Å²) in [5.41, 5.74) is -1.00. The first kappa shape index (κ1) is 21.1. The van der Waals surface area contributed by atoms with Crippen molar-refractivity contribution in [2.75, 3.05) is 26.0 Å². The molecule has 0 saturated carbocycles. The van der Waals surface area contributed by atoms with Gasteiger partial charge in [0, 0.05) is 6.20 Å². The van der Waals surface area contributed by atoms with Gasteiger partial charge in [0.05, 0.1) is 18.3 Å². The summed E-state index contributed by atoms with van der Waals surface area (Å²) in [4.78, 5) is 26.4. The van der Waals surface area contributed by atoms with Crippen LogP contribution in [0.25, 0.3) is 0 Å². The number of hydrogen-bond acceptors (Lipinski definition) is 6. The zero-order valence-corrected chi connectivity index (χ0v) is 16.5. The fourth-order valence-electron chi connectivity index (χ4n) is 2.94. The molecule has 0 radical (unpaired) electrons. The Morgan fingerprint density at radius 2 is 2.04 bits per heavy atom. The van der Waals surface area contributed by atoms with Gasteiger partial charge in [0.25, 0.3) is 5.56 Å². The van der Waals surface area contributed by atoms with E-state index >= 15 is 0 Å². The van der Waals surface area contributed by atoms with Crippen molar-refractivity contribution in [1.82, 2.24) is 14.9 Å². The fourth-order valence-corrected chi connectivity index (χ4v) is 3.90. The smallest absolute Gasteiger partial charge is 0.329 e. The van der Waals surface area contributed by atoms with Crippen molar-refractivity contribution in [3.8, 4) is 0 Å². The summed E-state index contributed by atoms with van der Waals surface area (Å²) in [5, 5.41) is 23.8. The summed E-state index contributed by atoms with van der Waals surface area (Å²) >= 11 is 0. The van der Waals surface area contributed by atoms with E-state index in [1.54, 1.807) is 0 Å². The van der Waals surface area contributed by atoms with Crippen LogP contribution < -0.4 is 16.6 Å². The van der Waals surface area contributed by atoms with Crippen LogP contribution in [-0.2, 0) is 11.4 Å². The lowest BCUT2D eigenvalue weighted by Gasteiger charge is -2.18. The predicted octanol–water partition coefficient (Wildman–Crippen LogP) is -0.245. The van der Waals surface area contributed by atoms with Crippen molar-refractivity contribution in [2.24, 2.45) is 0 Å². The standard InChI is InChI=1S/C17H30N3O5P/c1-5-7-18-10-20-9-11(16(23)19-17(20)24)15-14(22)13(21)12(25-15)6-8-26(2,3)4/h9,12-15,18,21-22H,2,5-8,10H2,1,3-4H3,(H,19,23,24)/t12-,13-,14-,15+/m1/s1. The van der Waals surface area contributed by atoms with E-state index in [-0.39, 0.29) is 12.2 Å². The van der Waals surface area contributed by atoms with E-state index in [4.69, 9.17) is 4.74 Å². The van der Waals surface area contributed by atoms with Crippen LogP contribution in [0.15, 0.2) is 15.8 Å². The molecule has 1 aromatic heterocycles. The second-order valence-electron chi connectivity index (χ2n) is 7.50. The van der Waals surface area contributed by atoms with Gasteiger partial charge >= 0.3 is 5.69 Å². The molecule has 9 heteroatoms. The van der Waals surface area contributed by atoms with Gasteiger partial charge in [-0.1, -0.05) is 6.92 Å². The zero-order valence-electron chi connectivity index (χ0n) is 15.6. The number of aromatic amines is 1. The van der Waals surface area contributed by atoms with Crippen molar-refractivity contribution < 1.29 is 14.9 Å². The highest BCUT2D eigenvalue weighted by Gasteiger charge is 2.44. The number of nitrogens with one attached hydrogen (secondary N) is 2. The lowest BCUT2D eigenvalue weighted by molar-refractivity contribution is 0.00492. The molecule has 2 heterocycles. The molecule has 0 unspecified atom stereocenters. The van der Waals surface area contributed by atoms with Crippen molar-refractivity contribution in [1.29, 1.82) is 0 Å². The number of rotatable bonds is 8. The maximum Gasteiger partial charge on any atom is 0.329 e. The average molecular weight is 387 g/mol. The van der Waals surface area contributed by atoms with Gasteiger partial charge in [-0.25, -0.2) is 4.79 Å². The van der Waals surface area contributed by atoms with Gasteiger partial charge in [0.2, 0.25) is 0 Å². The number of aliphatic hydroxyl groups excluding tert-OH is 2. The molecule has 1 saturated heterocycles. The first-order valence-corrected chi connectivity index (χ1v) is 11.9. The largest absolute Gasteiger partial charge is 0.388 e. The highest BCUT2D eigenvalue weighted by molar-refractivity contribution is 7.72. The predicted molar refractivity (Wildman–Crippen MR) is 105 cm³/mol. The monoisotopic (exact) mass is 387 g/mol. The number of aromatic nitrogens is 2. The SMILES string of the molecule is C=P(C)(C)CC[C@H]1O[C@@H](c2cn(CNCCC)c(=O)[nH]c2=O)[C@H](O)[C@@H]1O. The van der Waals surface area contributed by atoms with E-state index in [1.165, 1.54) is 10.8 Å². The van der Waals surface area contributed by atoms with Crippen molar-refractivity contribution in [3.63, 3.8) is 0 Å². The topological polar surface area (TPSA) is 117 Å². The Kier molecular flexibility index (Phi) is 7.05. The van der Waals surface area contributed by atoms with Crippen LogP contribution in [-0.4, -0.2) is 70.4 Å². The quantitative estimate of drug-likeness (QED) is 0.361. The van der Waals surface area contributed by atoms with Gasteiger partial charge in [0.15, 0.2) is 0 Å². The first-order valence-electron chi connectivity index (χ1n) is 8.87. The van der Waals surface area contributed by atoms with E-state index in [9.17, 15) is 19.8 Å². The minimum Gasteiger partial charge on any atom is -0.388 e. The third-order valence-electron chi connectivity index (χ3n) is 4.44. The molecule has 1 aliphatic rings. The van der Waals surface area contributed by atoms with E-state index in [0.717, 1.165) is 19.1 Å². The number of H-pyrrole nitrogens is 1. The molecular weight excluding hydrogens is 357 g/mol. The van der Waals surface area contributed by atoms with Crippen LogP contribution in [0.2, 0.25) is 0 Å². The summed E-state index contributed by atoms with van der Waals surface area (Å²) in [6, 6.07) is 0. The normalized spacial score (nSPS) is 26.3. The Morgan fingerprint density at radius 1 is 1.35 bits per heavy atom. The molecule has 0 amide bonds. The molecule has 1 aliphatic heterocycles. The minimum atomic E-state index is -1.29. The molecule has 0 aliphatic carbocycles. The van der Waals surface area contributed by atoms with Crippen LogP contribution in [0.5, 0.6) is 0 Å². The number of hydrogen-bond donors (Lipinski definition) is 4. The van der Waals surface area contributed by atoms with Crippen molar-refractivity contribution >= 4 is 13.2 Å². The van der Waals surface area contributed by atoms with E-state index < -0.39 is 42.6 Å². The zero-order chi connectivity index (χ0) is 19.5. The Morgan fingerprint density at radius 3 is 2.65 bits per heavy atom. The molecule has 26 heavy (non-hydrogen) atoms. The number of nitrogens with zero attached hydrogens (tertiary/aromatic N) is 1. The summed E-state index contributed by atoms with van der Waals surface area (Å²) < 4.78 is 7.13. The maximum atomic E-state index is 12.2. The molecule has 0 spiro atoms. The van der Waals surface area contributed by atoms with Gasteiger partial charge in [-0.2, -0.15) is 0 Å². The molecule has 4 N–H and O–H groups in total. The van der Waals surface area contributed by atoms with Crippen LogP contribution in [0.4, 0.5) is 0 Å². The van der Waals surface area contributed by atoms with Crippen molar-refractivity contribution in [2.45, 2.75) is 50.8 Å². The summed E-state index contributed by atoms with van der Waals surface area (Å²) in [5.74, 6) is 0.